The Morgan fingerprint density at radius 2 is 1.96 bits per heavy atom. The number of methoxy groups -OCH3 is 3. The van der Waals surface area contributed by atoms with Gasteiger partial charge in [-0.25, -0.2) is 0 Å². The van der Waals surface area contributed by atoms with Crippen LogP contribution >= 0.6 is 23.8 Å². The zero-order valence-electron chi connectivity index (χ0n) is 13.2. The molecule has 0 radical (unpaired) electrons. The van der Waals surface area contributed by atoms with Gasteiger partial charge in [0.05, 0.1) is 26.4 Å². The lowest BCUT2D eigenvalue weighted by atomic mass is 10.1. The van der Waals surface area contributed by atoms with Crippen molar-refractivity contribution in [2.75, 3.05) is 27.9 Å². The van der Waals surface area contributed by atoms with E-state index in [1.165, 1.54) is 27.4 Å². The highest BCUT2D eigenvalue weighted by atomic mass is 35.5. The topological polar surface area (TPSA) is 77.1 Å². The van der Waals surface area contributed by atoms with Crippen LogP contribution in [0.15, 0.2) is 17.8 Å². The molecule has 9 heteroatoms. The summed E-state index contributed by atoms with van der Waals surface area (Å²) in [6.45, 7) is -0.265. The van der Waals surface area contributed by atoms with Crippen LogP contribution in [0.3, 0.4) is 0 Å². The van der Waals surface area contributed by atoms with Crippen molar-refractivity contribution < 1.29 is 23.8 Å². The zero-order chi connectivity index (χ0) is 17.9. The van der Waals surface area contributed by atoms with Gasteiger partial charge >= 0.3 is 5.97 Å². The molecule has 24 heavy (non-hydrogen) atoms. The fourth-order valence-corrected chi connectivity index (χ4v) is 2.57. The number of ether oxygens (including phenoxy) is 3. The Balaban J connectivity index is 2.35. The van der Waals surface area contributed by atoms with Gasteiger partial charge < -0.3 is 19.5 Å². The Kier molecular flexibility index (Phi) is 5.63. The average Bonchev–Trinajstić information content (AvgIpc) is 2.82. The summed E-state index contributed by atoms with van der Waals surface area (Å²) in [5, 5.41) is 3.25. The second kappa shape index (κ2) is 7.50. The molecule has 1 heterocycles. The van der Waals surface area contributed by atoms with Gasteiger partial charge in [-0.15, -0.1) is 0 Å². The molecule has 0 saturated carbocycles. The minimum Gasteiger partial charge on any atom is -0.496 e. The highest BCUT2D eigenvalue weighted by molar-refractivity contribution is 7.80. The molecule has 128 valence electrons. The molecule has 7 nitrogen and oxygen atoms in total. The highest BCUT2D eigenvalue weighted by Crippen LogP contribution is 2.34. The second-order valence-electron chi connectivity index (χ2n) is 4.68. The third-order valence-corrected chi connectivity index (χ3v) is 3.90. The molecular weight excluding hydrogens is 356 g/mol. The first-order valence-electron chi connectivity index (χ1n) is 6.74. The summed E-state index contributed by atoms with van der Waals surface area (Å²) in [5.74, 6) is -0.0990. The van der Waals surface area contributed by atoms with Crippen LogP contribution in [0.5, 0.6) is 11.5 Å². The number of benzene rings is 1. The monoisotopic (exact) mass is 370 g/mol. The van der Waals surface area contributed by atoms with Crippen molar-refractivity contribution in [3.05, 3.63) is 28.4 Å². The van der Waals surface area contributed by atoms with Crippen molar-refractivity contribution in [3.63, 3.8) is 0 Å². The van der Waals surface area contributed by atoms with Gasteiger partial charge in [-0.1, -0.05) is 11.6 Å². The average molecular weight is 371 g/mol. The third-order valence-electron chi connectivity index (χ3n) is 3.28. The molecule has 0 aromatic heterocycles. The predicted molar refractivity (Wildman–Crippen MR) is 92.0 cm³/mol. The molecule has 0 unspecified atom stereocenters. The molecule has 0 bridgehead atoms. The summed E-state index contributed by atoms with van der Waals surface area (Å²) < 4.78 is 15.0. The lowest BCUT2D eigenvalue weighted by Gasteiger charge is -2.11. The van der Waals surface area contributed by atoms with Crippen molar-refractivity contribution >= 4 is 46.9 Å². The van der Waals surface area contributed by atoms with Gasteiger partial charge in [-0.3, -0.25) is 14.5 Å². The number of esters is 1. The number of carbonyl (C=O) groups is 2. The quantitative estimate of drug-likeness (QED) is 0.479. The maximum atomic E-state index is 12.4. The molecule has 0 aliphatic carbocycles. The van der Waals surface area contributed by atoms with Crippen LogP contribution in [0.1, 0.15) is 5.56 Å². The smallest absolute Gasteiger partial charge is 0.325 e. The number of hydrogen-bond donors (Lipinski definition) is 1. The first kappa shape index (κ1) is 18.0. The Labute approximate surface area is 149 Å². The highest BCUT2D eigenvalue weighted by Gasteiger charge is 2.32. The largest absolute Gasteiger partial charge is 0.496 e. The normalized spacial score (nSPS) is 15.5. The third kappa shape index (κ3) is 3.60. The van der Waals surface area contributed by atoms with Gasteiger partial charge in [-0.05, 0) is 24.4 Å². The van der Waals surface area contributed by atoms with Crippen LogP contribution in [0, 0.1) is 0 Å². The van der Waals surface area contributed by atoms with Crippen molar-refractivity contribution in [1.82, 2.24) is 10.2 Å². The number of carbonyl (C=O) groups excluding carboxylic acids is 2. The SMILES string of the molecule is COC(=O)CN1C(=O)/C(=C/c2cc(Cl)c(OC)cc2OC)NC1=S. The van der Waals surface area contributed by atoms with E-state index in [4.69, 9.17) is 33.3 Å². The molecule has 1 fully saturated rings. The van der Waals surface area contributed by atoms with Gasteiger partial charge in [0.1, 0.15) is 23.7 Å². The molecular formula is C15H15ClN2O5S. The summed E-state index contributed by atoms with van der Waals surface area (Å²) in [6.07, 6.45) is 1.54. The number of halogens is 1. The van der Waals surface area contributed by atoms with E-state index in [1.807, 2.05) is 0 Å². The molecule has 1 aromatic rings. The Hall–Kier alpha value is -2.32. The van der Waals surface area contributed by atoms with E-state index in [1.54, 1.807) is 12.1 Å². The minimum atomic E-state index is -0.571. The first-order valence-corrected chi connectivity index (χ1v) is 7.52. The first-order chi connectivity index (χ1) is 11.4. The Morgan fingerprint density at radius 3 is 2.54 bits per heavy atom. The van der Waals surface area contributed by atoms with Gasteiger partial charge in [0.15, 0.2) is 5.11 Å². The molecule has 1 amide bonds. The van der Waals surface area contributed by atoms with E-state index >= 15 is 0 Å². The van der Waals surface area contributed by atoms with Crippen molar-refractivity contribution in [2.45, 2.75) is 0 Å². The van der Waals surface area contributed by atoms with Crippen LogP contribution in [0.25, 0.3) is 6.08 Å². The lowest BCUT2D eigenvalue weighted by molar-refractivity contribution is -0.143. The summed E-state index contributed by atoms with van der Waals surface area (Å²) in [7, 11) is 4.22. The standard InChI is InChI=1S/C15H15ClN2O5S/c1-21-11-6-12(22-2)9(16)4-8(11)5-10-14(20)18(15(24)17-10)7-13(19)23-3/h4-6H,7H2,1-3H3,(H,17,24)/b10-5-. The van der Waals surface area contributed by atoms with E-state index in [0.29, 0.717) is 22.1 Å². The van der Waals surface area contributed by atoms with Crippen LogP contribution in [-0.4, -0.2) is 49.8 Å². The minimum absolute atomic E-state index is 0.121. The molecule has 1 N–H and O–H groups in total. The number of thiocarbonyl (C=S) groups is 1. The molecule has 1 aliphatic rings. The molecule has 1 saturated heterocycles. The molecule has 1 aliphatic heterocycles. The zero-order valence-corrected chi connectivity index (χ0v) is 14.8. The van der Waals surface area contributed by atoms with Gasteiger partial charge in [0.25, 0.3) is 5.91 Å². The molecule has 0 atom stereocenters. The van der Waals surface area contributed by atoms with Crippen molar-refractivity contribution in [2.24, 2.45) is 0 Å². The maximum Gasteiger partial charge on any atom is 0.325 e. The number of rotatable bonds is 5. The predicted octanol–water partition coefficient (Wildman–Crippen LogP) is 1.59. The summed E-state index contributed by atoms with van der Waals surface area (Å²) >= 11 is 11.2. The van der Waals surface area contributed by atoms with Crippen LogP contribution in [-0.2, 0) is 14.3 Å². The van der Waals surface area contributed by atoms with E-state index in [9.17, 15) is 9.59 Å². The number of nitrogens with zero attached hydrogens (tertiary/aromatic N) is 1. The maximum absolute atomic E-state index is 12.4. The van der Waals surface area contributed by atoms with E-state index in [2.05, 4.69) is 10.1 Å². The van der Waals surface area contributed by atoms with Crippen LogP contribution in [0.4, 0.5) is 0 Å². The summed E-state index contributed by atoms with van der Waals surface area (Å²) in [4.78, 5) is 24.9. The number of amides is 1. The fourth-order valence-electron chi connectivity index (χ4n) is 2.06. The van der Waals surface area contributed by atoms with E-state index in [-0.39, 0.29) is 17.4 Å². The molecule has 1 aromatic carbocycles. The molecule has 2 rings (SSSR count). The van der Waals surface area contributed by atoms with Gasteiger partial charge in [-0.2, -0.15) is 0 Å². The number of hydrogen-bond acceptors (Lipinski definition) is 6. The van der Waals surface area contributed by atoms with Crippen molar-refractivity contribution in [3.8, 4) is 11.5 Å². The second-order valence-corrected chi connectivity index (χ2v) is 5.48. The Bertz CT molecular complexity index is 735. The summed E-state index contributed by atoms with van der Waals surface area (Å²) in [5.41, 5.74) is 0.755. The lowest BCUT2D eigenvalue weighted by Crippen LogP contribution is -2.35. The fraction of sp³-hybridized carbons (Fsp3) is 0.267. The van der Waals surface area contributed by atoms with E-state index < -0.39 is 11.9 Å². The number of nitrogens with one attached hydrogen (secondary N) is 1. The molecule has 0 spiro atoms. The van der Waals surface area contributed by atoms with Crippen LogP contribution in [0.2, 0.25) is 5.02 Å². The van der Waals surface area contributed by atoms with Crippen LogP contribution < -0.4 is 14.8 Å². The van der Waals surface area contributed by atoms with Gasteiger partial charge in [0.2, 0.25) is 0 Å². The summed E-state index contributed by atoms with van der Waals surface area (Å²) in [6, 6.07) is 3.21. The van der Waals surface area contributed by atoms with E-state index in [0.717, 1.165) is 4.90 Å². The van der Waals surface area contributed by atoms with Crippen molar-refractivity contribution in [1.29, 1.82) is 0 Å². The Morgan fingerprint density at radius 1 is 1.29 bits per heavy atom. The van der Waals surface area contributed by atoms with Gasteiger partial charge in [0, 0.05) is 11.6 Å².